The van der Waals surface area contributed by atoms with Crippen molar-refractivity contribution in [1.82, 2.24) is 10.2 Å². The van der Waals surface area contributed by atoms with Crippen LogP contribution in [0.15, 0.2) is 0 Å². The molecule has 3 atom stereocenters. The molecule has 0 radical (unpaired) electrons. The Bertz CT molecular complexity index is 518. The maximum atomic E-state index is 12.7. The Morgan fingerprint density at radius 3 is 2.38 bits per heavy atom. The topological polar surface area (TPSA) is 84.9 Å². The van der Waals surface area contributed by atoms with E-state index < -0.39 is 11.7 Å². The highest BCUT2D eigenvalue weighted by molar-refractivity contribution is 8.00. The number of hydrogen-bond donors (Lipinski definition) is 1. The lowest BCUT2D eigenvalue weighted by Gasteiger charge is -2.33. The van der Waals surface area contributed by atoms with Crippen molar-refractivity contribution < 1.29 is 23.9 Å². The normalized spacial score (nSPS) is 21.4. The number of hydrogen-bond acceptors (Lipinski definition) is 7. The van der Waals surface area contributed by atoms with Gasteiger partial charge in [0.1, 0.15) is 17.6 Å². The molecular formula is C18H32N2O5S. The minimum Gasteiger partial charge on any atom is -0.464 e. The van der Waals surface area contributed by atoms with E-state index in [0.29, 0.717) is 5.75 Å². The number of amides is 1. The van der Waals surface area contributed by atoms with E-state index in [4.69, 9.17) is 9.47 Å². The second-order valence-electron chi connectivity index (χ2n) is 7.95. The van der Waals surface area contributed by atoms with Gasteiger partial charge in [-0.05, 0) is 26.7 Å². The molecular weight excluding hydrogens is 356 g/mol. The van der Waals surface area contributed by atoms with E-state index in [1.165, 1.54) is 23.6 Å². The van der Waals surface area contributed by atoms with Crippen LogP contribution >= 0.6 is 11.8 Å². The third-order valence-electron chi connectivity index (χ3n) is 3.99. The highest BCUT2D eigenvalue weighted by Crippen LogP contribution is 2.24. The summed E-state index contributed by atoms with van der Waals surface area (Å²) in [5.74, 6) is 0.525. The van der Waals surface area contributed by atoms with Crippen LogP contribution in [0.25, 0.3) is 0 Å². The molecule has 1 amide bonds. The molecule has 0 aromatic rings. The Balaban J connectivity index is 2.63. The molecule has 0 aromatic heterocycles. The third-order valence-corrected chi connectivity index (χ3v) is 5.32. The molecule has 0 aliphatic carbocycles. The van der Waals surface area contributed by atoms with Crippen molar-refractivity contribution in [3.05, 3.63) is 0 Å². The van der Waals surface area contributed by atoms with Gasteiger partial charge in [0.2, 0.25) is 0 Å². The largest absolute Gasteiger partial charge is 0.464 e. The minimum absolute atomic E-state index is 0.0288. The lowest BCUT2D eigenvalue weighted by atomic mass is 9.97. The zero-order chi connectivity index (χ0) is 20.1. The first-order valence-electron chi connectivity index (χ1n) is 8.90. The fraction of sp³-hybridized carbons (Fsp3) is 0.833. The van der Waals surface area contributed by atoms with Crippen LogP contribution in [0.1, 0.15) is 48.0 Å². The predicted octanol–water partition coefficient (Wildman–Crippen LogP) is 2.43. The monoisotopic (exact) mass is 388 g/mol. The second-order valence-corrected chi connectivity index (χ2v) is 9.09. The summed E-state index contributed by atoms with van der Waals surface area (Å²) in [6.07, 6.45) is -0.179. The Kier molecular flexibility index (Phi) is 8.40. The summed E-state index contributed by atoms with van der Waals surface area (Å²) < 4.78 is 10.4. The van der Waals surface area contributed by atoms with E-state index in [1.807, 2.05) is 34.6 Å². The van der Waals surface area contributed by atoms with Gasteiger partial charge in [0.05, 0.1) is 6.04 Å². The molecule has 7 nitrogen and oxygen atoms in total. The first-order chi connectivity index (χ1) is 11.9. The molecule has 2 unspecified atom stereocenters. The van der Waals surface area contributed by atoms with Crippen LogP contribution in [0.3, 0.4) is 0 Å². The van der Waals surface area contributed by atoms with Gasteiger partial charge >= 0.3 is 12.1 Å². The van der Waals surface area contributed by atoms with Crippen LogP contribution in [0.5, 0.6) is 0 Å². The van der Waals surface area contributed by atoms with Crippen LogP contribution in [0.4, 0.5) is 4.79 Å². The quantitative estimate of drug-likeness (QED) is 0.671. The number of carbonyl (C=O) groups excluding carboxylic acids is 3. The van der Waals surface area contributed by atoms with E-state index in [-0.39, 0.29) is 48.2 Å². The van der Waals surface area contributed by atoms with Gasteiger partial charge in [-0.2, -0.15) is 0 Å². The lowest BCUT2D eigenvalue weighted by molar-refractivity contribution is -0.141. The first-order valence-corrected chi connectivity index (χ1v) is 9.95. The highest BCUT2D eigenvalue weighted by Gasteiger charge is 2.34. The van der Waals surface area contributed by atoms with Crippen molar-refractivity contribution in [2.45, 2.75) is 71.0 Å². The fourth-order valence-corrected chi connectivity index (χ4v) is 3.81. The number of esters is 1. The first kappa shape index (κ1) is 22.8. The van der Waals surface area contributed by atoms with Gasteiger partial charge in [0.15, 0.2) is 5.78 Å². The summed E-state index contributed by atoms with van der Waals surface area (Å²) >= 11 is 1.51. The van der Waals surface area contributed by atoms with E-state index in [0.717, 1.165) is 0 Å². The summed E-state index contributed by atoms with van der Waals surface area (Å²) in [5, 5.41) is 2.85. The number of nitrogens with zero attached hydrogens (tertiary/aromatic N) is 1. The van der Waals surface area contributed by atoms with Crippen molar-refractivity contribution in [3.8, 4) is 0 Å². The SMILES string of the molecule is CC(=O)OCC1CSC(C(=O)C[C@H](C(C)C)N(C)C(=O)OC(C)(C)C)N1. The molecule has 0 aromatic carbocycles. The molecule has 0 bridgehead atoms. The molecule has 1 fully saturated rings. The van der Waals surface area contributed by atoms with Crippen LogP contribution in [0.2, 0.25) is 0 Å². The van der Waals surface area contributed by atoms with Gasteiger partial charge in [-0.1, -0.05) is 13.8 Å². The Labute approximate surface area is 160 Å². The molecule has 0 saturated carbocycles. The molecule has 1 aliphatic heterocycles. The zero-order valence-electron chi connectivity index (χ0n) is 16.8. The molecule has 1 aliphatic rings. The molecule has 1 saturated heterocycles. The Morgan fingerprint density at radius 2 is 1.88 bits per heavy atom. The van der Waals surface area contributed by atoms with E-state index in [2.05, 4.69) is 5.32 Å². The maximum Gasteiger partial charge on any atom is 0.410 e. The standard InChI is InChI=1S/C18H32N2O5S/c1-11(2)14(20(7)17(23)25-18(4,5)6)8-15(22)16-19-13(10-26-16)9-24-12(3)21/h11,13-14,16,19H,8-10H2,1-7H3/t13?,14-,16?/m1/s1. The number of Topliss-reactive ketones (excluding diaryl/α,β-unsaturated/α-hetero) is 1. The average molecular weight is 389 g/mol. The molecule has 1 heterocycles. The maximum absolute atomic E-state index is 12.7. The van der Waals surface area contributed by atoms with Crippen LogP contribution in [-0.4, -0.2) is 65.2 Å². The summed E-state index contributed by atoms with van der Waals surface area (Å²) in [7, 11) is 1.67. The molecule has 1 rings (SSSR count). The summed E-state index contributed by atoms with van der Waals surface area (Å²) in [5.41, 5.74) is -0.580. The molecule has 1 N–H and O–H groups in total. The van der Waals surface area contributed by atoms with Crippen molar-refractivity contribution in [1.29, 1.82) is 0 Å². The number of rotatable bonds is 7. The Hall–Kier alpha value is -1.28. The highest BCUT2D eigenvalue weighted by atomic mass is 32.2. The molecule has 0 spiro atoms. The summed E-state index contributed by atoms with van der Waals surface area (Å²) in [6, 6.07) is -0.272. The third kappa shape index (κ3) is 7.53. The number of thioether (sulfide) groups is 1. The van der Waals surface area contributed by atoms with E-state index in [9.17, 15) is 14.4 Å². The second kappa shape index (κ2) is 9.60. The lowest BCUT2D eigenvalue weighted by Crippen LogP contribution is -2.46. The summed E-state index contributed by atoms with van der Waals surface area (Å²) in [4.78, 5) is 37.4. The van der Waals surface area contributed by atoms with E-state index >= 15 is 0 Å². The fourth-order valence-electron chi connectivity index (χ4n) is 2.63. The number of ketones is 1. The van der Waals surface area contributed by atoms with Crippen molar-refractivity contribution >= 4 is 29.6 Å². The van der Waals surface area contributed by atoms with Gasteiger partial charge in [0.25, 0.3) is 0 Å². The van der Waals surface area contributed by atoms with Crippen LogP contribution in [0, 0.1) is 5.92 Å². The molecule has 150 valence electrons. The van der Waals surface area contributed by atoms with Crippen molar-refractivity contribution in [2.24, 2.45) is 5.92 Å². The van der Waals surface area contributed by atoms with Crippen molar-refractivity contribution in [2.75, 3.05) is 19.4 Å². The average Bonchev–Trinajstić information content (AvgIpc) is 2.96. The van der Waals surface area contributed by atoms with Crippen LogP contribution in [-0.2, 0) is 19.1 Å². The number of carbonyl (C=O) groups is 3. The van der Waals surface area contributed by atoms with Gasteiger partial charge in [-0.3, -0.25) is 14.9 Å². The van der Waals surface area contributed by atoms with E-state index in [1.54, 1.807) is 7.05 Å². The zero-order valence-corrected chi connectivity index (χ0v) is 17.6. The summed E-state index contributed by atoms with van der Waals surface area (Å²) in [6.45, 7) is 11.0. The van der Waals surface area contributed by atoms with Gasteiger partial charge in [-0.25, -0.2) is 4.79 Å². The van der Waals surface area contributed by atoms with Gasteiger partial charge in [-0.15, -0.1) is 11.8 Å². The smallest absolute Gasteiger partial charge is 0.410 e. The Morgan fingerprint density at radius 1 is 1.27 bits per heavy atom. The van der Waals surface area contributed by atoms with Crippen LogP contribution < -0.4 is 5.32 Å². The van der Waals surface area contributed by atoms with Gasteiger partial charge < -0.3 is 14.4 Å². The minimum atomic E-state index is -0.580. The van der Waals surface area contributed by atoms with Crippen molar-refractivity contribution in [3.63, 3.8) is 0 Å². The predicted molar refractivity (Wildman–Crippen MR) is 102 cm³/mol. The molecule has 26 heavy (non-hydrogen) atoms. The number of ether oxygens (including phenoxy) is 2. The number of nitrogens with one attached hydrogen (secondary N) is 1. The van der Waals surface area contributed by atoms with Gasteiger partial charge in [0, 0.05) is 32.2 Å². The molecule has 8 heteroatoms.